The molecule has 0 spiro atoms. The van der Waals surface area contributed by atoms with Gasteiger partial charge in [0.15, 0.2) is 0 Å². The minimum Gasteiger partial charge on any atom is -0.394 e. The molecule has 1 heterocycles. The van der Waals surface area contributed by atoms with Gasteiger partial charge in [0.1, 0.15) is 17.5 Å². The van der Waals surface area contributed by atoms with E-state index in [2.05, 4.69) is 9.97 Å². The number of aromatic nitrogens is 2. The molecular weight excluding hydrogens is 216 g/mol. The maximum Gasteiger partial charge on any atom is 0.137 e. The SMILES string of the molecule is CCc1nc(N)c(C)c(N(C)C(C)(C)CO)n1. The van der Waals surface area contributed by atoms with E-state index >= 15 is 0 Å². The first-order valence-electron chi connectivity index (χ1n) is 5.81. The number of aliphatic hydroxyl groups is 1. The van der Waals surface area contributed by atoms with E-state index in [4.69, 9.17) is 5.73 Å². The summed E-state index contributed by atoms with van der Waals surface area (Å²) in [6, 6.07) is 0. The molecule has 0 fully saturated rings. The number of nitrogen functional groups attached to an aromatic ring is 1. The Bertz CT molecular complexity index is 404. The van der Waals surface area contributed by atoms with E-state index in [1.807, 2.05) is 39.6 Å². The van der Waals surface area contributed by atoms with E-state index in [0.29, 0.717) is 5.82 Å². The van der Waals surface area contributed by atoms with Crippen molar-refractivity contribution < 1.29 is 5.11 Å². The molecule has 3 N–H and O–H groups in total. The van der Waals surface area contributed by atoms with Gasteiger partial charge in [-0.1, -0.05) is 6.92 Å². The Labute approximate surface area is 103 Å². The van der Waals surface area contributed by atoms with Crippen LogP contribution in [0.1, 0.15) is 32.2 Å². The van der Waals surface area contributed by atoms with E-state index in [9.17, 15) is 5.11 Å². The van der Waals surface area contributed by atoms with Crippen LogP contribution in [0.5, 0.6) is 0 Å². The Morgan fingerprint density at radius 3 is 2.41 bits per heavy atom. The fourth-order valence-electron chi connectivity index (χ4n) is 1.45. The summed E-state index contributed by atoms with van der Waals surface area (Å²) in [4.78, 5) is 10.7. The molecule has 1 aromatic rings. The molecule has 1 aromatic heterocycles. The smallest absolute Gasteiger partial charge is 0.137 e. The highest BCUT2D eigenvalue weighted by atomic mass is 16.3. The predicted molar refractivity (Wildman–Crippen MR) is 70.1 cm³/mol. The van der Waals surface area contributed by atoms with Gasteiger partial charge in [0, 0.05) is 19.0 Å². The summed E-state index contributed by atoms with van der Waals surface area (Å²) in [5.41, 5.74) is 6.35. The van der Waals surface area contributed by atoms with Gasteiger partial charge in [-0.3, -0.25) is 0 Å². The Morgan fingerprint density at radius 1 is 1.35 bits per heavy atom. The molecule has 0 aliphatic carbocycles. The molecule has 0 amide bonds. The first kappa shape index (κ1) is 13.7. The molecule has 96 valence electrons. The molecule has 17 heavy (non-hydrogen) atoms. The summed E-state index contributed by atoms with van der Waals surface area (Å²) in [7, 11) is 1.91. The summed E-state index contributed by atoms with van der Waals surface area (Å²) in [6.07, 6.45) is 0.741. The van der Waals surface area contributed by atoms with E-state index in [0.717, 1.165) is 23.6 Å². The van der Waals surface area contributed by atoms with Gasteiger partial charge in [0.05, 0.1) is 12.1 Å². The summed E-state index contributed by atoms with van der Waals surface area (Å²) < 4.78 is 0. The number of nitrogens with zero attached hydrogens (tertiary/aromatic N) is 3. The number of aryl methyl sites for hydroxylation is 1. The Hall–Kier alpha value is -1.36. The minimum absolute atomic E-state index is 0.0499. The minimum atomic E-state index is -0.378. The Balaban J connectivity index is 3.25. The molecule has 0 radical (unpaired) electrons. The normalized spacial score (nSPS) is 11.6. The zero-order chi connectivity index (χ0) is 13.2. The van der Waals surface area contributed by atoms with Gasteiger partial charge in [-0.2, -0.15) is 0 Å². The van der Waals surface area contributed by atoms with Crippen LogP contribution in [0.25, 0.3) is 0 Å². The predicted octanol–water partition coefficient (Wildman–Crippen LogP) is 1.14. The van der Waals surface area contributed by atoms with Gasteiger partial charge < -0.3 is 15.7 Å². The van der Waals surface area contributed by atoms with Crippen LogP contribution < -0.4 is 10.6 Å². The van der Waals surface area contributed by atoms with Crippen LogP contribution in [0.3, 0.4) is 0 Å². The lowest BCUT2D eigenvalue weighted by molar-refractivity contribution is 0.215. The average Bonchev–Trinajstić information content (AvgIpc) is 2.31. The molecule has 0 unspecified atom stereocenters. The van der Waals surface area contributed by atoms with E-state index < -0.39 is 0 Å². The lowest BCUT2D eigenvalue weighted by atomic mass is 10.0. The molecule has 5 heteroatoms. The lowest BCUT2D eigenvalue weighted by Crippen LogP contribution is -2.45. The fraction of sp³-hybridized carbons (Fsp3) is 0.667. The van der Waals surface area contributed by atoms with Crippen LogP contribution in [0.15, 0.2) is 0 Å². The van der Waals surface area contributed by atoms with E-state index in [1.54, 1.807) is 0 Å². The highest BCUT2D eigenvalue weighted by molar-refractivity contribution is 5.57. The number of anilines is 2. The van der Waals surface area contributed by atoms with E-state index in [-0.39, 0.29) is 12.1 Å². The van der Waals surface area contributed by atoms with Crippen LogP contribution in [-0.4, -0.2) is 34.3 Å². The fourth-order valence-corrected chi connectivity index (χ4v) is 1.45. The summed E-state index contributed by atoms with van der Waals surface area (Å²) in [5.74, 6) is 2.02. The molecule has 1 rings (SSSR count). The molecule has 0 bridgehead atoms. The maximum absolute atomic E-state index is 9.40. The van der Waals surface area contributed by atoms with Gasteiger partial charge in [0.25, 0.3) is 0 Å². The number of nitrogens with two attached hydrogens (primary N) is 1. The van der Waals surface area contributed by atoms with Crippen molar-refractivity contribution in [1.29, 1.82) is 0 Å². The second kappa shape index (κ2) is 4.87. The molecule has 0 saturated carbocycles. The highest BCUT2D eigenvalue weighted by Gasteiger charge is 2.26. The number of aliphatic hydroxyl groups excluding tert-OH is 1. The van der Waals surface area contributed by atoms with E-state index in [1.165, 1.54) is 0 Å². The summed E-state index contributed by atoms with van der Waals surface area (Å²) in [6.45, 7) is 7.85. The quantitative estimate of drug-likeness (QED) is 0.822. The topological polar surface area (TPSA) is 75.3 Å². The highest BCUT2D eigenvalue weighted by Crippen LogP contribution is 2.26. The third-order valence-electron chi connectivity index (χ3n) is 3.13. The summed E-state index contributed by atoms with van der Waals surface area (Å²) >= 11 is 0. The Kier molecular flexibility index (Phi) is 3.93. The van der Waals surface area contributed by atoms with Crippen LogP contribution in [0.4, 0.5) is 11.6 Å². The second-order valence-electron chi connectivity index (χ2n) is 4.86. The standard InChI is InChI=1S/C12H22N4O/c1-6-9-14-10(13)8(2)11(15-9)16(5)12(3,4)7-17/h17H,6-7H2,1-5H3,(H2,13,14,15). The lowest BCUT2D eigenvalue weighted by Gasteiger charge is -2.36. The molecule has 0 saturated heterocycles. The zero-order valence-electron chi connectivity index (χ0n) is 11.3. The van der Waals surface area contributed by atoms with Crippen LogP contribution >= 0.6 is 0 Å². The van der Waals surface area contributed by atoms with Crippen LogP contribution in [-0.2, 0) is 6.42 Å². The van der Waals surface area contributed by atoms with Gasteiger partial charge in [-0.25, -0.2) is 9.97 Å². The second-order valence-corrected chi connectivity index (χ2v) is 4.86. The van der Waals surface area contributed by atoms with Crippen molar-refractivity contribution in [3.05, 3.63) is 11.4 Å². The van der Waals surface area contributed by atoms with Crippen molar-refractivity contribution in [2.24, 2.45) is 0 Å². The average molecular weight is 238 g/mol. The number of likely N-dealkylation sites (N-methyl/N-ethyl adjacent to an activating group) is 1. The maximum atomic E-state index is 9.40. The number of hydrogen-bond acceptors (Lipinski definition) is 5. The van der Waals surface area contributed by atoms with Gasteiger partial charge in [0.2, 0.25) is 0 Å². The third kappa shape index (κ3) is 2.66. The van der Waals surface area contributed by atoms with Crippen molar-refractivity contribution in [1.82, 2.24) is 9.97 Å². The summed E-state index contributed by atoms with van der Waals surface area (Å²) in [5, 5.41) is 9.40. The van der Waals surface area contributed by atoms with Crippen molar-refractivity contribution >= 4 is 11.6 Å². The van der Waals surface area contributed by atoms with Gasteiger partial charge >= 0.3 is 0 Å². The molecule has 5 nitrogen and oxygen atoms in total. The van der Waals surface area contributed by atoms with Crippen molar-refractivity contribution in [3.63, 3.8) is 0 Å². The zero-order valence-corrected chi connectivity index (χ0v) is 11.3. The monoisotopic (exact) mass is 238 g/mol. The van der Waals surface area contributed by atoms with Crippen molar-refractivity contribution in [2.45, 2.75) is 39.7 Å². The molecule has 0 aromatic carbocycles. The molecular formula is C12H22N4O. The van der Waals surface area contributed by atoms with Crippen molar-refractivity contribution in [2.75, 3.05) is 24.3 Å². The van der Waals surface area contributed by atoms with Gasteiger partial charge in [-0.05, 0) is 20.8 Å². The number of hydrogen-bond donors (Lipinski definition) is 2. The largest absolute Gasteiger partial charge is 0.394 e. The Morgan fingerprint density at radius 2 is 1.94 bits per heavy atom. The van der Waals surface area contributed by atoms with Crippen molar-refractivity contribution in [3.8, 4) is 0 Å². The van der Waals surface area contributed by atoms with Gasteiger partial charge in [-0.15, -0.1) is 0 Å². The molecule has 0 aliphatic rings. The molecule has 0 atom stereocenters. The first-order chi connectivity index (χ1) is 7.83. The van der Waals surface area contributed by atoms with Crippen LogP contribution in [0, 0.1) is 6.92 Å². The third-order valence-corrected chi connectivity index (χ3v) is 3.13. The molecule has 0 aliphatic heterocycles. The first-order valence-corrected chi connectivity index (χ1v) is 5.81. The number of rotatable bonds is 4. The van der Waals surface area contributed by atoms with Crippen LogP contribution in [0.2, 0.25) is 0 Å².